The summed E-state index contributed by atoms with van der Waals surface area (Å²) >= 11 is 0. The van der Waals surface area contributed by atoms with E-state index in [9.17, 15) is 4.79 Å². The van der Waals surface area contributed by atoms with Crippen LogP contribution in [0.4, 0.5) is 0 Å². The van der Waals surface area contributed by atoms with Crippen molar-refractivity contribution < 1.29 is 13.9 Å². The van der Waals surface area contributed by atoms with Crippen molar-refractivity contribution in [3.63, 3.8) is 0 Å². The number of likely N-dealkylation sites (tertiary alicyclic amines) is 1. The maximum atomic E-state index is 12.3. The number of rotatable bonds is 3. The van der Waals surface area contributed by atoms with Gasteiger partial charge in [0.2, 0.25) is 0 Å². The highest BCUT2D eigenvalue weighted by molar-refractivity contribution is 5.72. The van der Waals surface area contributed by atoms with Crippen molar-refractivity contribution in [3.8, 4) is 0 Å². The van der Waals surface area contributed by atoms with Gasteiger partial charge in [0.1, 0.15) is 25.2 Å². The van der Waals surface area contributed by atoms with Crippen LogP contribution in [0.25, 0.3) is 11.1 Å². The molecule has 0 spiro atoms. The van der Waals surface area contributed by atoms with Crippen LogP contribution in [-0.4, -0.2) is 42.3 Å². The molecule has 1 aromatic carbocycles. The summed E-state index contributed by atoms with van der Waals surface area (Å²) in [5, 5.41) is 0. The topological polar surface area (TPSA) is 56.8 Å². The number of para-hydroxylation sites is 2. The van der Waals surface area contributed by atoms with Crippen molar-refractivity contribution in [3.05, 3.63) is 46.8 Å². The Morgan fingerprint density at radius 2 is 2.13 bits per heavy atom. The van der Waals surface area contributed by atoms with Gasteiger partial charge in [0.15, 0.2) is 5.58 Å². The molecule has 122 valence electrons. The molecule has 0 saturated carbocycles. The van der Waals surface area contributed by atoms with Gasteiger partial charge in [0.05, 0.1) is 18.1 Å². The Hall–Kier alpha value is -2.21. The van der Waals surface area contributed by atoms with E-state index in [2.05, 4.69) is 4.90 Å². The number of oxazole rings is 1. The van der Waals surface area contributed by atoms with Gasteiger partial charge >= 0.3 is 5.76 Å². The van der Waals surface area contributed by atoms with Gasteiger partial charge in [-0.2, -0.15) is 0 Å². The highest BCUT2D eigenvalue weighted by atomic mass is 16.6. The lowest BCUT2D eigenvalue weighted by Gasteiger charge is -2.33. The Bertz CT molecular complexity index is 776. The third kappa shape index (κ3) is 2.86. The quantitative estimate of drug-likeness (QED) is 0.868. The number of fused-ring (bicyclic) bond motifs is 1. The van der Waals surface area contributed by atoms with Crippen molar-refractivity contribution in [2.45, 2.75) is 18.9 Å². The van der Waals surface area contributed by atoms with Crippen LogP contribution in [-0.2, 0) is 9.47 Å². The van der Waals surface area contributed by atoms with Crippen LogP contribution in [0, 0.1) is 0 Å². The van der Waals surface area contributed by atoms with Gasteiger partial charge in [-0.25, -0.2) is 4.79 Å². The Balaban J connectivity index is 1.55. The van der Waals surface area contributed by atoms with E-state index in [-0.39, 0.29) is 11.8 Å². The smallest absolute Gasteiger partial charge is 0.420 e. The first-order valence-corrected chi connectivity index (χ1v) is 8.07. The van der Waals surface area contributed by atoms with Crippen LogP contribution in [0.3, 0.4) is 0 Å². The minimum absolute atomic E-state index is 0.130. The largest absolute Gasteiger partial charge is 0.494 e. The summed E-state index contributed by atoms with van der Waals surface area (Å²) in [6.45, 7) is 3.75. The van der Waals surface area contributed by atoms with Crippen LogP contribution in [0.15, 0.2) is 45.5 Å². The van der Waals surface area contributed by atoms with Crippen LogP contribution >= 0.6 is 0 Å². The number of aromatic nitrogens is 1. The molecule has 0 aliphatic carbocycles. The zero-order valence-electron chi connectivity index (χ0n) is 12.9. The van der Waals surface area contributed by atoms with Gasteiger partial charge in [0.25, 0.3) is 0 Å². The summed E-state index contributed by atoms with van der Waals surface area (Å²) in [7, 11) is 0. The average molecular weight is 316 g/mol. The third-order valence-corrected chi connectivity index (χ3v) is 4.45. The molecule has 4 rings (SSSR count). The summed E-state index contributed by atoms with van der Waals surface area (Å²) in [6, 6.07) is 7.73. The van der Waals surface area contributed by atoms with Crippen LogP contribution < -0.4 is 5.76 Å². The van der Waals surface area contributed by atoms with Crippen molar-refractivity contribution in [1.29, 1.82) is 0 Å². The number of hydrogen-bond acceptors (Lipinski definition) is 5. The molecule has 1 aromatic heterocycles. The molecule has 2 aromatic rings. The number of piperidine rings is 1. The highest BCUT2D eigenvalue weighted by Gasteiger charge is 2.26. The highest BCUT2D eigenvalue weighted by Crippen LogP contribution is 2.25. The van der Waals surface area contributed by atoms with Gasteiger partial charge < -0.3 is 13.9 Å². The lowest BCUT2D eigenvalue weighted by atomic mass is 10.1. The van der Waals surface area contributed by atoms with E-state index in [1.165, 1.54) is 0 Å². The third-order valence-electron chi connectivity index (χ3n) is 4.45. The number of hydrogen-bond donors (Lipinski definition) is 0. The fourth-order valence-corrected chi connectivity index (χ4v) is 3.43. The van der Waals surface area contributed by atoms with E-state index < -0.39 is 0 Å². The first-order valence-electron chi connectivity index (χ1n) is 8.07. The van der Waals surface area contributed by atoms with E-state index >= 15 is 0 Å². The van der Waals surface area contributed by atoms with Gasteiger partial charge in [-0.05, 0) is 31.5 Å². The summed E-state index contributed by atoms with van der Waals surface area (Å²) in [4.78, 5) is 14.6. The molecule has 1 saturated heterocycles. The van der Waals surface area contributed by atoms with Crippen molar-refractivity contribution >= 4 is 11.1 Å². The number of ether oxygens (including phenoxy) is 2. The molecule has 6 heteroatoms. The van der Waals surface area contributed by atoms with Crippen LogP contribution in [0.1, 0.15) is 18.9 Å². The minimum atomic E-state index is -0.269. The second-order valence-corrected chi connectivity index (χ2v) is 6.04. The first-order chi connectivity index (χ1) is 11.3. The lowest BCUT2D eigenvalue weighted by molar-refractivity contribution is 0.0629. The molecule has 1 unspecified atom stereocenters. The SMILES string of the molecule is O=c1oc2ccccc2n1C1CCCN(CC2=COCCO2)C1. The molecule has 1 atom stereocenters. The summed E-state index contributed by atoms with van der Waals surface area (Å²) in [5.74, 6) is 0.593. The molecule has 2 aliphatic heterocycles. The molecule has 6 nitrogen and oxygen atoms in total. The van der Waals surface area contributed by atoms with Gasteiger partial charge in [-0.15, -0.1) is 0 Å². The molecule has 0 N–H and O–H groups in total. The Morgan fingerprint density at radius 1 is 1.22 bits per heavy atom. The zero-order valence-corrected chi connectivity index (χ0v) is 12.9. The van der Waals surface area contributed by atoms with E-state index in [1.54, 1.807) is 10.8 Å². The second kappa shape index (κ2) is 6.12. The molecule has 2 aliphatic rings. The van der Waals surface area contributed by atoms with E-state index in [4.69, 9.17) is 13.9 Å². The summed E-state index contributed by atoms with van der Waals surface area (Å²) < 4.78 is 18.1. The van der Waals surface area contributed by atoms with Gasteiger partial charge in [-0.3, -0.25) is 9.47 Å². The van der Waals surface area contributed by atoms with E-state index in [1.807, 2.05) is 24.3 Å². The molecular formula is C17H20N2O4. The molecule has 0 bridgehead atoms. The normalized spacial score (nSPS) is 22.4. The van der Waals surface area contributed by atoms with Crippen molar-refractivity contribution in [2.24, 2.45) is 0 Å². The zero-order chi connectivity index (χ0) is 15.6. The fourth-order valence-electron chi connectivity index (χ4n) is 3.43. The summed E-state index contributed by atoms with van der Waals surface area (Å²) in [6.07, 6.45) is 3.73. The predicted octanol–water partition coefficient (Wildman–Crippen LogP) is 2.12. The maximum Gasteiger partial charge on any atom is 0.420 e. The minimum Gasteiger partial charge on any atom is -0.494 e. The van der Waals surface area contributed by atoms with E-state index in [0.29, 0.717) is 18.8 Å². The standard InChI is InChI=1S/C17H20N2O4/c20-17-19(15-5-1-2-6-16(15)23-17)13-4-3-7-18(10-13)11-14-12-21-8-9-22-14/h1-2,5-6,12-13H,3-4,7-11H2. The van der Waals surface area contributed by atoms with Crippen LogP contribution in [0.5, 0.6) is 0 Å². The fraction of sp³-hybridized carbons (Fsp3) is 0.471. The van der Waals surface area contributed by atoms with Crippen molar-refractivity contribution in [2.75, 3.05) is 32.8 Å². The number of nitrogens with zero attached hydrogens (tertiary/aromatic N) is 2. The van der Waals surface area contributed by atoms with Crippen LogP contribution in [0.2, 0.25) is 0 Å². The Kier molecular flexibility index (Phi) is 3.83. The molecule has 0 amide bonds. The molecule has 0 radical (unpaired) electrons. The average Bonchev–Trinajstić information content (AvgIpc) is 2.92. The van der Waals surface area contributed by atoms with Gasteiger partial charge in [-0.1, -0.05) is 12.1 Å². The second-order valence-electron chi connectivity index (χ2n) is 6.04. The molecule has 1 fully saturated rings. The predicted molar refractivity (Wildman–Crippen MR) is 85.2 cm³/mol. The summed E-state index contributed by atoms with van der Waals surface area (Å²) in [5.41, 5.74) is 1.53. The monoisotopic (exact) mass is 316 g/mol. The molecular weight excluding hydrogens is 296 g/mol. The lowest BCUT2D eigenvalue weighted by Crippen LogP contribution is -2.40. The molecule has 23 heavy (non-hydrogen) atoms. The first kappa shape index (κ1) is 14.4. The van der Waals surface area contributed by atoms with E-state index in [0.717, 1.165) is 43.8 Å². The number of benzene rings is 1. The van der Waals surface area contributed by atoms with Crippen molar-refractivity contribution in [1.82, 2.24) is 9.47 Å². The van der Waals surface area contributed by atoms with Gasteiger partial charge in [0, 0.05) is 6.54 Å². The molecule has 3 heterocycles. The Labute approximate surface area is 133 Å². The maximum absolute atomic E-state index is 12.3. The Morgan fingerprint density at radius 3 is 3.00 bits per heavy atom.